The maximum atomic E-state index is 12.3. The molecule has 0 unspecified atom stereocenters. The summed E-state index contributed by atoms with van der Waals surface area (Å²) in [5, 5.41) is 1.77. The molecule has 1 aliphatic heterocycles. The van der Waals surface area contributed by atoms with Crippen LogP contribution in [0.3, 0.4) is 0 Å². The van der Waals surface area contributed by atoms with E-state index in [1.54, 1.807) is 0 Å². The van der Waals surface area contributed by atoms with Crippen LogP contribution in [0.5, 0.6) is 5.75 Å². The lowest BCUT2D eigenvalue weighted by Crippen LogP contribution is -2.43. The predicted molar refractivity (Wildman–Crippen MR) is 81.3 cm³/mol. The molecule has 1 aliphatic rings. The molecule has 0 radical (unpaired) electrons. The Labute approximate surface area is 145 Å². The topological polar surface area (TPSA) is 75.7 Å². The van der Waals surface area contributed by atoms with E-state index < -0.39 is 41.5 Å². The third kappa shape index (κ3) is 4.85. The average molecular weight is 379 g/mol. The van der Waals surface area contributed by atoms with Gasteiger partial charge in [-0.1, -0.05) is 17.7 Å². The van der Waals surface area contributed by atoms with Crippen LogP contribution in [0, 0.1) is 0 Å². The molecule has 10 heteroatoms. The van der Waals surface area contributed by atoms with Gasteiger partial charge in [-0.25, -0.2) is 0 Å². The number of carbonyl (C=O) groups excluding carboxylic acids is 3. The normalized spacial score (nSPS) is 17.3. The zero-order chi connectivity index (χ0) is 18.6. The van der Waals surface area contributed by atoms with E-state index in [-0.39, 0.29) is 5.56 Å². The molecule has 1 heterocycles. The van der Waals surface area contributed by atoms with Crippen LogP contribution < -0.4 is 10.1 Å². The first-order valence-corrected chi connectivity index (χ1v) is 7.68. The molecule has 2 rings (SSSR count). The maximum absolute atomic E-state index is 12.3. The molecule has 1 atom stereocenters. The van der Waals surface area contributed by atoms with Crippen molar-refractivity contribution in [3.8, 4) is 5.75 Å². The fourth-order valence-corrected chi connectivity index (χ4v) is 2.74. The van der Waals surface area contributed by atoms with E-state index in [2.05, 4.69) is 10.1 Å². The molecule has 0 aromatic heterocycles. The fraction of sp³-hybridized carbons (Fsp3) is 0.400. The lowest BCUT2D eigenvalue weighted by atomic mass is 10.2. The summed E-state index contributed by atoms with van der Waals surface area (Å²) in [6.45, 7) is 0.0115. The predicted octanol–water partition coefficient (Wildman–Crippen LogP) is 2.16. The summed E-state index contributed by atoms with van der Waals surface area (Å²) in [7, 11) is 0. The van der Waals surface area contributed by atoms with Crippen molar-refractivity contribution < 1.29 is 32.3 Å². The second-order valence-corrected chi connectivity index (χ2v) is 5.66. The summed E-state index contributed by atoms with van der Waals surface area (Å²) in [6, 6.07) is 2.83. The number of halogens is 4. The van der Waals surface area contributed by atoms with Crippen molar-refractivity contribution in [2.45, 2.75) is 25.2 Å². The van der Waals surface area contributed by atoms with Gasteiger partial charge in [-0.05, 0) is 25.0 Å². The van der Waals surface area contributed by atoms with Gasteiger partial charge < -0.3 is 19.7 Å². The number of hydrogen-bond acceptors (Lipinski definition) is 4. The van der Waals surface area contributed by atoms with Crippen molar-refractivity contribution in [2.75, 3.05) is 13.1 Å². The Morgan fingerprint density at radius 1 is 1.40 bits per heavy atom. The highest BCUT2D eigenvalue weighted by atomic mass is 35.5. The molecule has 1 aromatic rings. The zero-order valence-corrected chi connectivity index (χ0v) is 13.6. The lowest BCUT2D eigenvalue weighted by Gasteiger charge is -2.20. The monoisotopic (exact) mass is 378 g/mol. The van der Waals surface area contributed by atoms with Gasteiger partial charge in [-0.2, -0.15) is 0 Å². The van der Waals surface area contributed by atoms with E-state index in [1.807, 2.05) is 0 Å². The van der Waals surface area contributed by atoms with Crippen LogP contribution in [-0.4, -0.2) is 48.5 Å². The number of amides is 2. The second kappa shape index (κ2) is 7.73. The van der Waals surface area contributed by atoms with Crippen LogP contribution in [0.15, 0.2) is 18.2 Å². The van der Waals surface area contributed by atoms with Gasteiger partial charge in [0.25, 0.3) is 5.91 Å². The van der Waals surface area contributed by atoms with Gasteiger partial charge in [-0.3, -0.25) is 9.59 Å². The summed E-state index contributed by atoms with van der Waals surface area (Å²) in [4.78, 5) is 36.3. The molecule has 1 N–H and O–H groups in total. The summed E-state index contributed by atoms with van der Waals surface area (Å²) in [5.74, 6) is -2.00. The maximum Gasteiger partial charge on any atom is 0.573 e. The van der Waals surface area contributed by atoms with Gasteiger partial charge in [0, 0.05) is 6.54 Å². The van der Waals surface area contributed by atoms with Crippen LogP contribution in [-0.2, 0) is 9.59 Å². The first kappa shape index (κ1) is 19.0. The third-order valence-corrected chi connectivity index (χ3v) is 4.00. The van der Waals surface area contributed by atoms with E-state index in [0.29, 0.717) is 25.7 Å². The van der Waals surface area contributed by atoms with Gasteiger partial charge in [0.2, 0.25) is 5.91 Å². The highest BCUT2D eigenvalue weighted by Crippen LogP contribution is 2.32. The minimum atomic E-state index is -4.95. The molecule has 1 saturated heterocycles. The van der Waals surface area contributed by atoms with E-state index in [4.69, 9.17) is 11.6 Å². The average Bonchev–Trinajstić information content (AvgIpc) is 3.01. The molecule has 0 bridgehead atoms. The number of nitrogens with one attached hydrogen (secondary N) is 1. The Morgan fingerprint density at radius 2 is 2.12 bits per heavy atom. The number of alkyl halides is 3. The van der Waals surface area contributed by atoms with Crippen LogP contribution in [0.25, 0.3) is 0 Å². The molecule has 1 aromatic carbocycles. The molecular weight excluding hydrogens is 365 g/mol. The second-order valence-electron chi connectivity index (χ2n) is 5.28. The number of carbonyl (C=O) groups is 3. The number of nitrogens with zero attached hydrogens (tertiary/aromatic N) is 1. The number of likely N-dealkylation sites (tertiary alicyclic amines) is 1. The standard InChI is InChI=1S/C15H14ClF3N2O4/c16-13-10(4-1-5-11(13)25-15(17,18)19)14(24)20-7-12(23)21-6-2-3-9(21)8-22/h1,4-5,8-9H,2-3,6-7H2,(H,20,24)/t9-/m0/s1. The van der Waals surface area contributed by atoms with E-state index >= 15 is 0 Å². The Hall–Kier alpha value is -2.29. The largest absolute Gasteiger partial charge is 0.573 e. The van der Waals surface area contributed by atoms with Crippen LogP contribution in [0.4, 0.5) is 13.2 Å². The van der Waals surface area contributed by atoms with E-state index in [1.165, 1.54) is 17.0 Å². The minimum Gasteiger partial charge on any atom is -0.404 e. The molecule has 1 fully saturated rings. The van der Waals surface area contributed by atoms with Crippen LogP contribution in [0.1, 0.15) is 23.2 Å². The summed E-state index contributed by atoms with van der Waals surface area (Å²) in [5.41, 5.74) is -0.260. The van der Waals surface area contributed by atoms with Gasteiger partial charge in [0.15, 0.2) is 0 Å². The molecular formula is C15H14ClF3N2O4. The number of aldehydes is 1. The number of hydrogen-bond donors (Lipinski definition) is 1. The van der Waals surface area contributed by atoms with Crippen LogP contribution in [0.2, 0.25) is 5.02 Å². The number of ether oxygens (including phenoxy) is 1. The third-order valence-electron chi connectivity index (χ3n) is 3.61. The lowest BCUT2D eigenvalue weighted by molar-refractivity contribution is -0.274. The van der Waals surface area contributed by atoms with Gasteiger partial charge >= 0.3 is 6.36 Å². The highest BCUT2D eigenvalue weighted by molar-refractivity contribution is 6.35. The summed E-state index contributed by atoms with van der Waals surface area (Å²) < 4.78 is 40.6. The fourth-order valence-electron chi connectivity index (χ4n) is 2.49. The van der Waals surface area contributed by atoms with Crippen molar-refractivity contribution in [2.24, 2.45) is 0 Å². The van der Waals surface area contributed by atoms with E-state index in [0.717, 1.165) is 6.07 Å². The summed E-state index contributed by atoms with van der Waals surface area (Å²) in [6.07, 6.45) is -3.03. The minimum absolute atomic E-state index is 0.260. The van der Waals surface area contributed by atoms with E-state index in [9.17, 15) is 27.6 Å². The van der Waals surface area contributed by atoms with Crippen LogP contribution >= 0.6 is 11.6 Å². The molecule has 136 valence electrons. The number of benzene rings is 1. The molecule has 2 amide bonds. The Balaban J connectivity index is 2.02. The Bertz CT molecular complexity index is 681. The van der Waals surface area contributed by atoms with Gasteiger partial charge in [-0.15, -0.1) is 13.2 Å². The van der Waals surface area contributed by atoms with Crippen molar-refractivity contribution in [3.05, 3.63) is 28.8 Å². The molecule has 0 saturated carbocycles. The SMILES string of the molecule is O=C[C@@H]1CCCN1C(=O)CNC(=O)c1cccc(OC(F)(F)F)c1Cl. The molecule has 25 heavy (non-hydrogen) atoms. The van der Waals surface area contributed by atoms with Crippen molar-refractivity contribution in [1.29, 1.82) is 0 Å². The van der Waals surface area contributed by atoms with Gasteiger partial charge in [0.05, 0.1) is 23.2 Å². The number of rotatable bonds is 5. The quantitative estimate of drug-likeness (QED) is 0.797. The highest BCUT2D eigenvalue weighted by Gasteiger charge is 2.33. The van der Waals surface area contributed by atoms with Crippen molar-refractivity contribution in [1.82, 2.24) is 10.2 Å². The Morgan fingerprint density at radius 3 is 2.76 bits per heavy atom. The zero-order valence-electron chi connectivity index (χ0n) is 12.8. The molecule has 0 aliphatic carbocycles. The smallest absolute Gasteiger partial charge is 0.404 e. The Kier molecular flexibility index (Phi) is 5.89. The first-order chi connectivity index (χ1) is 11.7. The van der Waals surface area contributed by atoms with Crippen molar-refractivity contribution in [3.63, 3.8) is 0 Å². The van der Waals surface area contributed by atoms with Crippen molar-refractivity contribution >= 4 is 29.7 Å². The summed E-state index contributed by atoms with van der Waals surface area (Å²) >= 11 is 5.77. The molecule has 0 spiro atoms. The van der Waals surface area contributed by atoms with Gasteiger partial charge in [0.1, 0.15) is 12.0 Å². The molecule has 6 nitrogen and oxygen atoms in total. The first-order valence-electron chi connectivity index (χ1n) is 7.30.